The Morgan fingerprint density at radius 3 is 2.39 bits per heavy atom. The molecule has 0 spiro atoms. The van der Waals surface area contributed by atoms with Crippen molar-refractivity contribution >= 4 is 11.3 Å². The molecule has 4 nitrogen and oxygen atoms in total. The van der Waals surface area contributed by atoms with Crippen LogP contribution in [-0.2, 0) is 5.41 Å². The van der Waals surface area contributed by atoms with Gasteiger partial charge in [0.15, 0.2) is 5.82 Å². The summed E-state index contributed by atoms with van der Waals surface area (Å²) in [6.45, 7) is 9.96. The number of nitrogens with one attached hydrogen (secondary N) is 1. The van der Waals surface area contributed by atoms with E-state index < -0.39 is 0 Å². The lowest BCUT2D eigenvalue weighted by Crippen LogP contribution is -2.15. The van der Waals surface area contributed by atoms with Crippen LogP contribution in [0.15, 0.2) is 10.2 Å². The van der Waals surface area contributed by atoms with Gasteiger partial charge >= 0.3 is 0 Å². The molecule has 18 heavy (non-hydrogen) atoms. The molecule has 0 radical (unpaired) electrons. The van der Waals surface area contributed by atoms with E-state index in [0.717, 1.165) is 16.4 Å². The number of hydrogen-bond acceptors (Lipinski definition) is 4. The highest BCUT2D eigenvalue weighted by Gasteiger charge is 2.19. The van der Waals surface area contributed by atoms with Gasteiger partial charge in [0.2, 0.25) is 0 Å². The molecule has 5 heteroatoms. The van der Waals surface area contributed by atoms with Crippen molar-refractivity contribution in [3.8, 4) is 11.5 Å². The molecule has 2 aromatic rings. The molecule has 0 aliphatic carbocycles. The molecule has 0 aliphatic heterocycles. The third-order valence-electron chi connectivity index (χ3n) is 2.78. The minimum atomic E-state index is -0.0946. The summed E-state index contributed by atoms with van der Waals surface area (Å²) in [5, 5.41) is 2.98. The molecule has 2 aromatic heterocycles. The molecule has 0 aliphatic rings. The van der Waals surface area contributed by atoms with Crippen molar-refractivity contribution < 1.29 is 0 Å². The first-order chi connectivity index (χ1) is 8.29. The van der Waals surface area contributed by atoms with E-state index in [9.17, 15) is 4.79 Å². The van der Waals surface area contributed by atoms with Gasteiger partial charge in [0.1, 0.15) is 5.69 Å². The lowest BCUT2D eigenvalue weighted by Gasteiger charge is -2.13. The smallest absolute Gasteiger partial charge is 0.254 e. The number of nitrogens with zero attached hydrogens (tertiary/aromatic N) is 2. The summed E-state index contributed by atoms with van der Waals surface area (Å²) >= 11 is 1.59. The van der Waals surface area contributed by atoms with E-state index in [1.165, 1.54) is 0 Å². The number of rotatable bonds is 1. The summed E-state index contributed by atoms with van der Waals surface area (Å²) in [5.41, 5.74) is 2.07. The number of aryl methyl sites for hydroxylation is 1. The normalized spacial score (nSPS) is 11.8. The van der Waals surface area contributed by atoms with Crippen LogP contribution in [0, 0.1) is 13.8 Å². The van der Waals surface area contributed by atoms with E-state index in [0.29, 0.717) is 11.4 Å². The van der Waals surface area contributed by atoms with Gasteiger partial charge in [-0.15, -0.1) is 11.3 Å². The van der Waals surface area contributed by atoms with Gasteiger partial charge in [0.05, 0.1) is 5.01 Å². The molecule has 0 saturated carbocycles. The molecule has 96 valence electrons. The van der Waals surface area contributed by atoms with E-state index in [1.807, 2.05) is 12.3 Å². The highest BCUT2D eigenvalue weighted by Crippen LogP contribution is 2.28. The van der Waals surface area contributed by atoms with Gasteiger partial charge in [-0.05, 0) is 13.8 Å². The Bertz CT molecular complexity index is 634. The Balaban J connectivity index is 2.50. The zero-order valence-corrected chi connectivity index (χ0v) is 12.1. The van der Waals surface area contributed by atoms with Crippen LogP contribution in [0.4, 0.5) is 0 Å². The van der Waals surface area contributed by atoms with E-state index in [2.05, 4.69) is 35.7 Å². The predicted octanol–water partition coefficient (Wildman–Crippen LogP) is 2.81. The molecular weight excluding hydrogens is 246 g/mol. The Labute approximate surface area is 110 Å². The quantitative estimate of drug-likeness (QED) is 0.860. The highest BCUT2D eigenvalue weighted by molar-refractivity contribution is 7.10. The van der Waals surface area contributed by atoms with Crippen LogP contribution in [0.25, 0.3) is 11.5 Å². The average Bonchev–Trinajstić information content (AvgIpc) is 2.73. The summed E-state index contributed by atoms with van der Waals surface area (Å²) in [6.07, 6.45) is 0. The van der Waals surface area contributed by atoms with Crippen LogP contribution in [0.3, 0.4) is 0 Å². The Kier molecular flexibility index (Phi) is 3.11. The Morgan fingerprint density at radius 2 is 1.89 bits per heavy atom. The first kappa shape index (κ1) is 13.0. The number of aromatic nitrogens is 3. The maximum atomic E-state index is 11.7. The summed E-state index contributed by atoms with van der Waals surface area (Å²) in [6, 6.07) is 0. The zero-order valence-electron chi connectivity index (χ0n) is 11.3. The molecule has 2 heterocycles. The van der Waals surface area contributed by atoms with Crippen molar-refractivity contribution in [2.24, 2.45) is 0 Å². The SMILES string of the molecule is Cc1nc(-c2csc(C(C)(C)C)n2)[nH]c(=O)c1C. The summed E-state index contributed by atoms with van der Waals surface area (Å²) in [7, 11) is 0. The fourth-order valence-corrected chi connectivity index (χ4v) is 2.39. The highest BCUT2D eigenvalue weighted by atomic mass is 32.1. The molecule has 0 fully saturated rings. The lowest BCUT2D eigenvalue weighted by atomic mass is 9.98. The molecule has 0 aromatic carbocycles. The molecule has 0 unspecified atom stereocenters. The van der Waals surface area contributed by atoms with Crippen LogP contribution in [0.1, 0.15) is 37.0 Å². The Morgan fingerprint density at radius 1 is 1.22 bits per heavy atom. The van der Waals surface area contributed by atoms with Crippen molar-refractivity contribution in [2.45, 2.75) is 40.0 Å². The number of hydrogen-bond donors (Lipinski definition) is 1. The van der Waals surface area contributed by atoms with Crippen LogP contribution in [0.5, 0.6) is 0 Å². The fourth-order valence-electron chi connectivity index (χ4n) is 1.49. The minimum absolute atomic E-state index is 0.0168. The summed E-state index contributed by atoms with van der Waals surface area (Å²) < 4.78 is 0. The van der Waals surface area contributed by atoms with Crippen molar-refractivity contribution in [2.75, 3.05) is 0 Å². The Hall–Kier alpha value is -1.49. The minimum Gasteiger partial charge on any atom is -0.305 e. The first-order valence-corrected chi connectivity index (χ1v) is 6.71. The predicted molar refractivity (Wildman–Crippen MR) is 74.1 cm³/mol. The van der Waals surface area contributed by atoms with E-state index in [4.69, 9.17) is 0 Å². The fraction of sp³-hybridized carbons (Fsp3) is 0.462. The lowest BCUT2D eigenvalue weighted by molar-refractivity contribution is 0.586. The number of aromatic amines is 1. The summed E-state index contributed by atoms with van der Waals surface area (Å²) in [5.74, 6) is 0.551. The second kappa shape index (κ2) is 4.31. The first-order valence-electron chi connectivity index (χ1n) is 5.83. The molecule has 0 atom stereocenters. The summed E-state index contributed by atoms with van der Waals surface area (Å²) in [4.78, 5) is 23.4. The van der Waals surface area contributed by atoms with Gasteiger partial charge in [-0.2, -0.15) is 0 Å². The van der Waals surface area contributed by atoms with Gasteiger partial charge < -0.3 is 4.98 Å². The van der Waals surface area contributed by atoms with E-state index in [-0.39, 0.29) is 11.0 Å². The second-order valence-corrected chi connectivity index (χ2v) is 6.27. The van der Waals surface area contributed by atoms with Crippen molar-refractivity contribution in [3.05, 3.63) is 32.0 Å². The number of thiazole rings is 1. The van der Waals surface area contributed by atoms with Gasteiger partial charge in [0, 0.05) is 22.1 Å². The molecule has 2 rings (SSSR count). The van der Waals surface area contributed by atoms with Crippen molar-refractivity contribution in [1.29, 1.82) is 0 Å². The maximum Gasteiger partial charge on any atom is 0.254 e. The van der Waals surface area contributed by atoms with Crippen LogP contribution >= 0.6 is 11.3 Å². The van der Waals surface area contributed by atoms with Crippen LogP contribution in [0.2, 0.25) is 0 Å². The second-order valence-electron chi connectivity index (χ2n) is 5.41. The molecular formula is C13H17N3OS. The average molecular weight is 263 g/mol. The maximum absolute atomic E-state index is 11.7. The number of H-pyrrole nitrogens is 1. The third kappa shape index (κ3) is 2.36. The topological polar surface area (TPSA) is 58.6 Å². The van der Waals surface area contributed by atoms with Crippen molar-refractivity contribution in [3.63, 3.8) is 0 Å². The van der Waals surface area contributed by atoms with Gasteiger partial charge in [-0.3, -0.25) is 4.79 Å². The van der Waals surface area contributed by atoms with Crippen LogP contribution < -0.4 is 5.56 Å². The largest absolute Gasteiger partial charge is 0.305 e. The van der Waals surface area contributed by atoms with E-state index in [1.54, 1.807) is 18.3 Å². The van der Waals surface area contributed by atoms with Crippen LogP contribution in [-0.4, -0.2) is 15.0 Å². The molecule has 0 amide bonds. The van der Waals surface area contributed by atoms with Gasteiger partial charge in [0.25, 0.3) is 5.56 Å². The molecule has 0 bridgehead atoms. The van der Waals surface area contributed by atoms with Crippen molar-refractivity contribution in [1.82, 2.24) is 15.0 Å². The zero-order chi connectivity index (χ0) is 13.5. The van der Waals surface area contributed by atoms with Gasteiger partial charge in [-0.25, -0.2) is 9.97 Å². The third-order valence-corrected chi connectivity index (χ3v) is 4.05. The standard InChI is InChI=1S/C13H17N3OS/c1-7-8(2)14-10(16-11(7)17)9-6-18-12(15-9)13(3,4)5/h6H,1-5H3,(H,14,16,17). The molecule has 1 N–H and O–H groups in total. The molecule has 0 saturated heterocycles. The monoisotopic (exact) mass is 263 g/mol. The van der Waals surface area contributed by atoms with E-state index >= 15 is 0 Å². The van der Waals surface area contributed by atoms with Gasteiger partial charge in [-0.1, -0.05) is 20.8 Å².